The second-order valence-corrected chi connectivity index (χ2v) is 9.49. The summed E-state index contributed by atoms with van der Waals surface area (Å²) >= 11 is 1.70. The Bertz CT molecular complexity index is 1160. The average molecular weight is 460 g/mol. The average Bonchev–Trinajstić information content (AvgIpc) is 3.19. The van der Waals surface area contributed by atoms with Gasteiger partial charge in [0.25, 0.3) is 0 Å². The van der Waals surface area contributed by atoms with Gasteiger partial charge in [0.2, 0.25) is 15.9 Å². The maximum Gasteiger partial charge on any atom is 0.244 e. The van der Waals surface area contributed by atoms with Crippen LogP contribution in [0.15, 0.2) is 59.6 Å². The summed E-state index contributed by atoms with van der Waals surface area (Å²) in [6.07, 6.45) is 7.69. The number of amides is 1. The van der Waals surface area contributed by atoms with Crippen LogP contribution in [0.5, 0.6) is 0 Å². The van der Waals surface area contributed by atoms with Gasteiger partial charge in [-0.15, -0.1) is 10.2 Å². The first kappa shape index (κ1) is 23.0. The summed E-state index contributed by atoms with van der Waals surface area (Å²) in [6, 6.07) is 11.7. The zero-order valence-electron chi connectivity index (χ0n) is 17.4. The molecule has 2 aromatic heterocycles. The van der Waals surface area contributed by atoms with Gasteiger partial charge in [0, 0.05) is 18.8 Å². The molecule has 0 aliphatic carbocycles. The van der Waals surface area contributed by atoms with Crippen molar-refractivity contribution in [3.8, 4) is 0 Å². The number of sulfonamides is 1. The third-order valence-corrected chi connectivity index (χ3v) is 6.74. The van der Waals surface area contributed by atoms with E-state index in [0.29, 0.717) is 18.8 Å². The number of fused-ring (bicyclic) bond motifs is 1. The van der Waals surface area contributed by atoms with Gasteiger partial charge in [-0.05, 0) is 54.3 Å². The largest absolute Gasteiger partial charge is 0.342 e. The third-order valence-electron chi connectivity index (χ3n) is 4.53. The van der Waals surface area contributed by atoms with E-state index in [9.17, 15) is 13.2 Å². The SMILES string of the molecule is CCNS(=O)(=O)c1ccc(/C=C/C(=O)NC(CCSC)c2nnc3ccccn23)cc1. The van der Waals surface area contributed by atoms with Gasteiger partial charge in [0.15, 0.2) is 11.5 Å². The summed E-state index contributed by atoms with van der Waals surface area (Å²) in [7, 11) is -3.50. The molecule has 3 rings (SSSR count). The highest BCUT2D eigenvalue weighted by Crippen LogP contribution is 2.18. The molecule has 0 radical (unpaired) electrons. The van der Waals surface area contributed by atoms with Gasteiger partial charge in [-0.1, -0.05) is 25.1 Å². The van der Waals surface area contributed by atoms with Crippen LogP contribution >= 0.6 is 11.8 Å². The van der Waals surface area contributed by atoms with Crippen molar-refractivity contribution >= 4 is 39.4 Å². The molecule has 1 aromatic carbocycles. The van der Waals surface area contributed by atoms with Crippen LogP contribution in [0.25, 0.3) is 11.7 Å². The second-order valence-electron chi connectivity index (χ2n) is 6.73. The van der Waals surface area contributed by atoms with Crippen LogP contribution in [0.3, 0.4) is 0 Å². The van der Waals surface area contributed by atoms with Crippen molar-refractivity contribution in [2.45, 2.75) is 24.3 Å². The van der Waals surface area contributed by atoms with E-state index < -0.39 is 10.0 Å². The Kier molecular flexibility index (Phi) is 7.83. The number of rotatable bonds is 10. The van der Waals surface area contributed by atoms with Gasteiger partial charge >= 0.3 is 0 Å². The molecule has 2 N–H and O–H groups in total. The van der Waals surface area contributed by atoms with Crippen molar-refractivity contribution in [3.05, 3.63) is 66.1 Å². The number of benzene rings is 1. The van der Waals surface area contributed by atoms with Crippen LogP contribution in [0.1, 0.15) is 30.8 Å². The standard InChI is InChI=1S/C21H25N5O3S2/c1-3-22-31(28,29)17-10-7-16(8-11-17)9-12-20(27)23-18(13-15-30-2)21-25-24-19-6-4-5-14-26(19)21/h4-12,14,18,22H,3,13,15H2,1-2H3,(H,23,27)/b12-9+. The summed E-state index contributed by atoms with van der Waals surface area (Å²) in [4.78, 5) is 12.8. The highest BCUT2D eigenvalue weighted by atomic mass is 32.2. The first-order chi connectivity index (χ1) is 14.9. The Morgan fingerprint density at radius 1 is 1.19 bits per heavy atom. The maximum absolute atomic E-state index is 12.6. The van der Waals surface area contributed by atoms with E-state index in [1.807, 2.05) is 35.1 Å². The number of hydrogen-bond acceptors (Lipinski definition) is 6. The van der Waals surface area contributed by atoms with Crippen LogP contribution in [0, 0.1) is 0 Å². The molecular weight excluding hydrogens is 434 g/mol. The number of thioether (sulfide) groups is 1. The highest BCUT2D eigenvalue weighted by Gasteiger charge is 2.19. The molecule has 1 atom stereocenters. The van der Waals surface area contributed by atoms with Crippen molar-refractivity contribution in [2.24, 2.45) is 0 Å². The normalized spacial score (nSPS) is 13.0. The number of nitrogens with zero attached hydrogens (tertiary/aromatic N) is 3. The lowest BCUT2D eigenvalue weighted by Crippen LogP contribution is -2.29. The van der Waals surface area contributed by atoms with Crippen molar-refractivity contribution in [3.63, 3.8) is 0 Å². The van der Waals surface area contributed by atoms with E-state index in [4.69, 9.17) is 0 Å². The van der Waals surface area contributed by atoms with E-state index in [0.717, 1.165) is 17.0 Å². The molecule has 3 aromatic rings. The zero-order chi connectivity index (χ0) is 22.3. The fraction of sp³-hybridized carbons (Fsp3) is 0.286. The molecule has 0 aliphatic heterocycles. The number of aromatic nitrogens is 3. The maximum atomic E-state index is 12.6. The first-order valence-corrected chi connectivity index (χ1v) is 12.7. The molecule has 31 heavy (non-hydrogen) atoms. The molecule has 0 spiro atoms. The topological polar surface area (TPSA) is 105 Å². The van der Waals surface area contributed by atoms with Gasteiger partial charge in [0.1, 0.15) is 0 Å². The predicted molar refractivity (Wildman–Crippen MR) is 123 cm³/mol. The smallest absolute Gasteiger partial charge is 0.244 e. The van der Waals surface area contributed by atoms with E-state index in [-0.39, 0.29) is 16.8 Å². The van der Waals surface area contributed by atoms with Crippen molar-refractivity contribution in [1.82, 2.24) is 24.6 Å². The molecule has 0 fully saturated rings. The minimum Gasteiger partial charge on any atom is -0.342 e. The van der Waals surface area contributed by atoms with Gasteiger partial charge in [-0.25, -0.2) is 13.1 Å². The number of carbonyl (C=O) groups excluding carboxylic acids is 1. The Morgan fingerprint density at radius 2 is 1.97 bits per heavy atom. The lowest BCUT2D eigenvalue weighted by molar-refractivity contribution is -0.117. The molecule has 8 nitrogen and oxygen atoms in total. The van der Waals surface area contributed by atoms with Crippen molar-refractivity contribution < 1.29 is 13.2 Å². The van der Waals surface area contributed by atoms with Crippen LogP contribution in [-0.2, 0) is 14.8 Å². The summed E-state index contributed by atoms with van der Waals surface area (Å²) in [5, 5.41) is 11.4. The van der Waals surface area contributed by atoms with Gasteiger partial charge < -0.3 is 5.32 Å². The van der Waals surface area contributed by atoms with Crippen LogP contribution < -0.4 is 10.0 Å². The number of hydrogen-bond donors (Lipinski definition) is 2. The quantitative estimate of drug-likeness (QED) is 0.452. The number of carbonyl (C=O) groups is 1. The summed E-state index contributed by atoms with van der Waals surface area (Å²) in [6.45, 7) is 2.05. The fourth-order valence-electron chi connectivity index (χ4n) is 3.02. The Morgan fingerprint density at radius 3 is 2.68 bits per heavy atom. The molecule has 0 bridgehead atoms. The summed E-state index contributed by atoms with van der Waals surface area (Å²) in [5.41, 5.74) is 1.45. The van der Waals surface area contributed by atoms with Crippen molar-refractivity contribution in [1.29, 1.82) is 0 Å². The van der Waals surface area contributed by atoms with Crippen molar-refractivity contribution in [2.75, 3.05) is 18.6 Å². The molecular formula is C21H25N5O3S2. The molecule has 1 unspecified atom stereocenters. The first-order valence-electron chi connectivity index (χ1n) is 9.81. The summed E-state index contributed by atoms with van der Waals surface area (Å²) in [5.74, 6) is 1.28. The van der Waals surface area contributed by atoms with E-state index in [2.05, 4.69) is 20.2 Å². The third kappa shape index (κ3) is 5.93. The Hall–Kier alpha value is -2.69. The van der Waals surface area contributed by atoms with Crippen LogP contribution in [0.4, 0.5) is 0 Å². The minimum atomic E-state index is -3.50. The molecule has 2 heterocycles. The molecule has 0 aliphatic rings. The molecule has 164 valence electrons. The fourth-order valence-corrected chi connectivity index (χ4v) is 4.53. The van der Waals surface area contributed by atoms with E-state index >= 15 is 0 Å². The second kappa shape index (κ2) is 10.6. The van der Waals surface area contributed by atoms with Gasteiger partial charge in [-0.3, -0.25) is 9.20 Å². The molecule has 10 heteroatoms. The lowest BCUT2D eigenvalue weighted by atomic mass is 10.2. The van der Waals surface area contributed by atoms with E-state index in [1.54, 1.807) is 36.9 Å². The van der Waals surface area contributed by atoms with Crippen LogP contribution in [0.2, 0.25) is 0 Å². The molecule has 0 saturated carbocycles. The molecule has 0 saturated heterocycles. The van der Waals surface area contributed by atoms with Gasteiger partial charge in [-0.2, -0.15) is 11.8 Å². The highest BCUT2D eigenvalue weighted by molar-refractivity contribution is 7.98. The Labute approximate surface area is 186 Å². The number of nitrogens with one attached hydrogen (secondary N) is 2. The Balaban J connectivity index is 1.71. The van der Waals surface area contributed by atoms with Crippen LogP contribution in [-0.4, -0.2) is 47.5 Å². The van der Waals surface area contributed by atoms with Gasteiger partial charge in [0.05, 0.1) is 10.9 Å². The summed E-state index contributed by atoms with van der Waals surface area (Å²) < 4.78 is 28.4. The monoisotopic (exact) mass is 459 g/mol. The number of pyridine rings is 1. The lowest BCUT2D eigenvalue weighted by Gasteiger charge is -2.16. The molecule has 1 amide bonds. The zero-order valence-corrected chi connectivity index (χ0v) is 19.0. The predicted octanol–water partition coefficient (Wildman–Crippen LogP) is 2.65. The minimum absolute atomic E-state index is 0.187. The van der Waals surface area contributed by atoms with E-state index in [1.165, 1.54) is 18.2 Å².